The summed E-state index contributed by atoms with van der Waals surface area (Å²) in [5.41, 5.74) is 5.70. The van der Waals surface area contributed by atoms with Crippen molar-refractivity contribution in [3.05, 3.63) is 24.2 Å². The molecule has 2 aromatic rings. The third-order valence-corrected chi connectivity index (χ3v) is 4.96. The summed E-state index contributed by atoms with van der Waals surface area (Å²) in [7, 11) is 0. The molecule has 1 aliphatic rings. The molecule has 0 bridgehead atoms. The molecule has 3 heterocycles. The van der Waals surface area contributed by atoms with Crippen molar-refractivity contribution in [1.82, 2.24) is 14.6 Å². The number of nitrogens with two attached hydrogens (primary N) is 1. The number of aromatic nitrogens is 3. The molecule has 0 saturated carbocycles. The van der Waals surface area contributed by atoms with Crippen LogP contribution >= 0.6 is 0 Å². The van der Waals surface area contributed by atoms with Gasteiger partial charge in [0.2, 0.25) is 5.79 Å². The van der Waals surface area contributed by atoms with Crippen LogP contribution in [-0.4, -0.2) is 25.8 Å². The molecule has 1 saturated heterocycles. The third-order valence-electron chi connectivity index (χ3n) is 4.96. The first-order chi connectivity index (χ1) is 10.4. The number of nitrogen functional groups attached to an aromatic ring is 1. The van der Waals surface area contributed by atoms with E-state index in [1.807, 2.05) is 13.8 Å². The van der Waals surface area contributed by atoms with Crippen LogP contribution in [0.25, 0.3) is 5.52 Å². The van der Waals surface area contributed by atoms with E-state index in [2.05, 4.69) is 16.2 Å². The van der Waals surface area contributed by atoms with Crippen LogP contribution in [0.2, 0.25) is 0 Å². The number of aliphatic hydroxyl groups is 1. The molecule has 1 unspecified atom stereocenters. The summed E-state index contributed by atoms with van der Waals surface area (Å²) < 4.78 is 7.41. The van der Waals surface area contributed by atoms with E-state index in [1.54, 1.807) is 19.1 Å². The van der Waals surface area contributed by atoms with Crippen LogP contribution in [0, 0.1) is 22.7 Å². The van der Waals surface area contributed by atoms with Gasteiger partial charge in [0, 0.05) is 5.92 Å². The topological polar surface area (TPSA) is 109 Å². The molecule has 4 atom stereocenters. The molecule has 22 heavy (non-hydrogen) atoms. The van der Waals surface area contributed by atoms with Gasteiger partial charge in [-0.1, -0.05) is 13.8 Å². The molecule has 2 aromatic heterocycles. The number of hydrogen-bond acceptors (Lipinski definition) is 6. The van der Waals surface area contributed by atoms with Crippen LogP contribution in [0.15, 0.2) is 18.5 Å². The van der Waals surface area contributed by atoms with Crippen molar-refractivity contribution in [2.24, 2.45) is 11.3 Å². The molecule has 0 radical (unpaired) electrons. The van der Waals surface area contributed by atoms with Crippen LogP contribution < -0.4 is 5.73 Å². The lowest BCUT2D eigenvalue weighted by molar-refractivity contribution is -0.238. The van der Waals surface area contributed by atoms with Crippen molar-refractivity contribution < 1.29 is 9.84 Å². The minimum atomic E-state index is -1.75. The van der Waals surface area contributed by atoms with Gasteiger partial charge in [0.15, 0.2) is 5.82 Å². The summed E-state index contributed by atoms with van der Waals surface area (Å²) in [5, 5.41) is 25.1. The molecule has 0 amide bonds. The smallest absolute Gasteiger partial charge is 0.229 e. The molecule has 0 aliphatic carbocycles. The van der Waals surface area contributed by atoms with Crippen molar-refractivity contribution in [3.63, 3.8) is 0 Å². The van der Waals surface area contributed by atoms with Crippen LogP contribution in [0.5, 0.6) is 0 Å². The molecular weight excluding hydrogens is 282 g/mol. The molecule has 116 valence electrons. The Balaban J connectivity index is 2.24. The maximum Gasteiger partial charge on any atom is 0.229 e. The molecule has 7 heteroatoms. The van der Waals surface area contributed by atoms with E-state index in [0.717, 1.165) is 0 Å². The van der Waals surface area contributed by atoms with Crippen molar-refractivity contribution in [2.45, 2.75) is 39.1 Å². The minimum absolute atomic E-state index is 0.128. The number of rotatable bonds is 2. The molecule has 7 nitrogen and oxygen atoms in total. The zero-order valence-electron chi connectivity index (χ0n) is 12.8. The quantitative estimate of drug-likeness (QED) is 0.868. The van der Waals surface area contributed by atoms with E-state index in [1.165, 1.54) is 10.8 Å². The number of ether oxygens (including phenoxy) is 1. The number of fused-ring (bicyclic) bond motifs is 1. The van der Waals surface area contributed by atoms with Gasteiger partial charge in [0.1, 0.15) is 23.0 Å². The van der Waals surface area contributed by atoms with Gasteiger partial charge in [-0.2, -0.15) is 10.4 Å². The Morgan fingerprint density at radius 2 is 2.27 bits per heavy atom. The Hall–Kier alpha value is -2.17. The number of anilines is 1. The van der Waals surface area contributed by atoms with Crippen LogP contribution in [0.3, 0.4) is 0 Å². The van der Waals surface area contributed by atoms with Crippen molar-refractivity contribution in [1.29, 1.82) is 5.26 Å². The van der Waals surface area contributed by atoms with Gasteiger partial charge in [-0.15, -0.1) is 0 Å². The first-order valence-electron chi connectivity index (χ1n) is 7.29. The normalized spacial score (nSPS) is 34.9. The first kappa shape index (κ1) is 14.8. The number of hydrogen-bond donors (Lipinski definition) is 2. The Labute approximate surface area is 128 Å². The van der Waals surface area contributed by atoms with Gasteiger partial charge in [0.25, 0.3) is 0 Å². The highest BCUT2D eigenvalue weighted by Crippen LogP contribution is 2.54. The number of nitriles is 1. The van der Waals surface area contributed by atoms with Crippen molar-refractivity contribution >= 4 is 11.3 Å². The summed E-state index contributed by atoms with van der Waals surface area (Å²) in [6, 6.07) is 5.65. The fourth-order valence-electron chi connectivity index (χ4n) is 3.27. The zero-order valence-corrected chi connectivity index (χ0v) is 12.8. The fourth-order valence-corrected chi connectivity index (χ4v) is 3.27. The molecule has 1 aliphatic heterocycles. The van der Waals surface area contributed by atoms with E-state index in [9.17, 15) is 10.4 Å². The summed E-state index contributed by atoms with van der Waals surface area (Å²) in [4.78, 5) is 3.93. The van der Waals surface area contributed by atoms with Gasteiger partial charge in [-0.25, -0.2) is 9.50 Å². The Kier molecular flexibility index (Phi) is 3.13. The lowest BCUT2D eigenvalue weighted by atomic mass is 9.71. The molecule has 0 spiro atoms. The van der Waals surface area contributed by atoms with Crippen LogP contribution in [-0.2, 0) is 10.5 Å². The number of nitrogens with zero attached hydrogens (tertiary/aromatic N) is 4. The van der Waals surface area contributed by atoms with Crippen molar-refractivity contribution in [3.8, 4) is 6.07 Å². The highest BCUT2D eigenvalue weighted by molar-refractivity contribution is 5.65. The zero-order chi connectivity index (χ0) is 16.1. The van der Waals surface area contributed by atoms with E-state index in [-0.39, 0.29) is 12.0 Å². The maximum atomic E-state index is 11.3. The van der Waals surface area contributed by atoms with Gasteiger partial charge in [0.05, 0.1) is 12.2 Å². The molecule has 1 fully saturated rings. The lowest BCUT2D eigenvalue weighted by Crippen LogP contribution is -2.43. The second-order valence-electron chi connectivity index (χ2n) is 5.97. The SMILES string of the molecule is CC[C@H]1OC(O)(c2ccc3c(N)ncnn23)[C@](C)(C#N)[C@@H]1C. The largest absolute Gasteiger partial charge is 0.382 e. The molecule has 3 rings (SSSR count). The van der Waals surface area contributed by atoms with E-state index in [4.69, 9.17) is 10.5 Å². The molecule has 0 aromatic carbocycles. The lowest BCUT2D eigenvalue weighted by Gasteiger charge is -2.33. The standard InChI is InChI=1S/C15H19N5O2/c1-4-11-9(2)14(3,7-16)15(21,22-11)12-6-5-10-13(17)18-8-19-20(10)12/h5-6,8-9,11,21H,4H2,1-3H3,(H2,17,18,19)/t9-,11-,14-,15?/m1/s1. The fraction of sp³-hybridized carbons (Fsp3) is 0.533. The van der Waals surface area contributed by atoms with Gasteiger partial charge < -0.3 is 15.6 Å². The highest BCUT2D eigenvalue weighted by atomic mass is 16.6. The monoisotopic (exact) mass is 301 g/mol. The molecule has 3 N–H and O–H groups in total. The highest BCUT2D eigenvalue weighted by Gasteiger charge is 2.63. The van der Waals surface area contributed by atoms with Crippen LogP contribution in [0.4, 0.5) is 5.82 Å². The van der Waals surface area contributed by atoms with Crippen molar-refractivity contribution in [2.75, 3.05) is 5.73 Å². The Bertz CT molecular complexity index is 767. The third kappa shape index (κ3) is 1.62. The minimum Gasteiger partial charge on any atom is -0.382 e. The average molecular weight is 301 g/mol. The summed E-state index contributed by atoms with van der Waals surface area (Å²) >= 11 is 0. The predicted molar refractivity (Wildman–Crippen MR) is 79.3 cm³/mol. The second-order valence-corrected chi connectivity index (χ2v) is 5.97. The first-order valence-corrected chi connectivity index (χ1v) is 7.29. The Morgan fingerprint density at radius 1 is 1.55 bits per heavy atom. The summed E-state index contributed by atoms with van der Waals surface area (Å²) in [6.45, 7) is 5.62. The van der Waals surface area contributed by atoms with Gasteiger partial charge in [-0.05, 0) is 25.5 Å². The van der Waals surface area contributed by atoms with E-state index in [0.29, 0.717) is 23.4 Å². The second kappa shape index (κ2) is 4.66. The van der Waals surface area contributed by atoms with E-state index < -0.39 is 11.2 Å². The summed E-state index contributed by atoms with van der Waals surface area (Å²) in [5.74, 6) is -1.58. The molecular formula is C15H19N5O2. The maximum absolute atomic E-state index is 11.3. The van der Waals surface area contributed by atoms with Crippen LogP contribution in [0.1, 0.15) is 32.9 Å². The predicted octanol–water partition coefficient (Wildman–Crippen LogP) is 1.43. The average Bonchev–Trinajstić information content (AvgIpc) is 3.03. The van der Waals surface area contributed by atoms with E-state index >= 15 is 0 Å². The summed E-state index contributed by atoms with van der Waals surface area (Å²) in [6.07, 6.45) is 1.81. The Morgan fingerprint density at radius 3 is 2.91 bits per heavy atom. The van der Waals surface area contributed by atoms with Gasteiger partial charge >= 0.3 is 0 Å². The van der Waals surface area contributed by atoms with Gasteiger partial charge in [-0.3, -0.25) is 0 Å².